The van der Waals surface area contributed by atoms with Crippen LogP contribution in [0.25, 0.3) is 0 Å². The van der Waals surface area contributed by atoms with Gasteiger partial charge in [-0.05, 0) is 24.6 Å². The number of para-hydroxylation sites is 1. The van der Waals surface area contributed by atoms with Gasteiger partial charge in [0.1, 0.15) is 13.2 Å². The zero-order chi connectivity index (χ0) is 15.0. The number of halogens is 1. The van der Waals surface area contributed by atoms with Crippen LogP contribution in [0.2, 0.25) is 5.02 Å². The first-order chi connectivity index (χ1) is 10.1. The zero-order valence-corrected chi connectivity index (χ0v) is 12.2. The summed E-state index contributed by atoms with van der Waals surface area (Å²) in [5.41, 5.74) is 8.11. The summed E-state index contributed by atoms with van der Waals surface area (Å²) in [5, 5.41) is 0.324. The number of anilines is 1. The number of carbonyl (C=O) groups excluding carboxylic acids is 1. The number of aryl methyl sites for hydroxylation is 1. The minimum absolute atomic E-state index is 0.224. The van der Waals surface area contributed by atoms with E-state index in [9.17, 15) is 4.79 Å². The van der Waals surface area contributed by atoms with E-state index < -0.39 is 0 Å². The third-order valence-electron chi connectivity index (χ3n) is 3.45. The average Bonchev–Trinajstić information content (AvgIpc) is 2.48. The van der Waals surface area contributed by atoms with Crippen LogP contribution < -0.4 is 15.2 Å². The molecule has 2 N–H and O–H groups in total. The second-order valence-electron chi connectivity index (χ2n) is 4.84. The zero-order valence-electron chi connectivity index (χ0n) is 11.5. The molecule has 2 aromatic carbocycles. The Bertz CT molecular complexity index is 728. The smallest absolute Gasteiger partial charge is 0.196 e. The van der Waals surface area contributed by atoms with Gasteiger partial charge >= 0.3 is 0 Å². The average molecular weight is 304 g/mol. The summed E-state index contributed by atoms with van der Waals surface area (Å²) >= 11 is 6.20. The van der Waals surface area contributed by atoms with Gasteiger partial charge in [0.2, 0.25) is 0 Å². The highest BCUT2D eigenvalue weighted by Crippen LogP contribution is 2.36. The van der Waals surface area contributed by atoms with Crippen molar-refractivity contribution in [2.45, 2.75) is 6.92 Å². The number of nitrogen functional groups attached to an aromatic ring is 1. The summed E-state index contributed by atoms with van der Waals surface area (Å²) in [5.74, 6) is 0.860. The molecule has 0 saturated carbocycles. The van der Waals surface area contributed by atoms with Gasteiger partial charge in [-0.1, -0.05) is 23.7 Å². The Morgan fingerprint density at radius 2 is 1.81 bits per heavy atom. The van der Waals surface area contributed by atoms with Crippen LogP contribution in [-0.4, -0.2) is 19.0 Å². The van der Waals surface area contributed by atoms with Gasteiger partial charge in [0, 0.05) is 22.9 Å². The number of hydrogen-bond acceptors (Lipinski definition) is 4. The molecular weight excluding hydrogens is 290 g/mol. The highest BCUT2D eigenvalue weighted by molar-refractivity contribution is 6.35. The molecule has 1 heterocycles. The molecule has 3 rings (SSSR count). The fourth-order valence-electron chi connectivity index (χ4n) is 2.26. The summed E-state index contributed by atoms with van der Waals surface area (Å²) in [7, 11) is 0. The standard InChI is InChI=1S/C16H14ClNO3/c1-9-3-2-4-10(15(9)18)16(19)11-7-13-14(8-12(11)17)21-6-5-20-13/h2-4,7-8H,5-6,18H2,1H3. The Balaban J connectivity index is 2.07. The maximum atomic E-state index is 12.7. The van der Waals surface area contributed by atoms with Crippen molar-refractivity contribution in [3.63, 3.8) is 0 Å². The van der Waals surface area contributed by atoms with E-state index in [0.29, 0.717) is 46.5 Å². The van der Waals surface area contributed by atoms with Crippen LogP contribution >= 0.6 is 11.6 Å². The number of ketones is 1. The third kappa shape index (κ3) is 2.43. The predicted octanol–water partition coefficient (Wildman–Crippen LogP) is 3.23. The molecule has 5 heteroatoms. The lowest BCUT2D eigenvalue weighted by Gasteiger charge is -2.19. The van der Waals surface area contributed by atoms with Crippen molar-refractivity contribution >= 4 is 23.1 Å². The van der Waals surface area contributed by atoms with E-state index in [-0.39, 0.29) is 5.78 Å². The van der Waals surface area contributed by atoms with E-state index in [4.69, 9.17) is 26.8 Å². The summed E-state index contributed by atoms with van der Waals surface area (Å²) in [4.78, 5) is 12.7. The lowest BCUT2D eigenvalue weighted by atomic mass is 9.99. The Labute approximate surface area is 127 Å². The van der Waals surface area contributed by atoms with Crippen molar-refractivity contribution in [3.05, 3.63) is 52.0 Å². The quantitative estimate of drug-likeness (QED) is 0.683. The van der Waals surface area contributed by atoms with Gasteiger partial charge in [-0.2, -0.15) is 0 Å². The summed E-state index contributed by atoms with van der Waals surface area (Å²) < 4.78 is 10.9. The molecule has 0 saturated heterocycles. The van der Waals surface area contributed by atoms with E-state index in [1.807, 2.05) is 13.0 Å². The number of nitrogens with two attached hydrogens (primary N) is 1. The maximum Gasteiger partial charge on any atom is 0.196 e. The molecule has 0 fully saturated rings. The van der Waals surface area contributed by atoms with Crippen LogP contribution in [0.1, 0.15) is 21.5 Å². The second kappa shape index (κ2) is 5.30. The predicted molar refractivity (Wildman–Crippen MR) is 81.5 cm³/mol. The molecule has 21 heavy (non-hydrogen) atoms. The summed E-state index contributed by atoms with van der Waals surface area (Å²) in [6, 6.07) is 8.57. The molecule has 0 aliphatic carbocycles. The molecule has 0 amide bonds. The monoisotopic (exact) mass is 303 g/mol. The van der Waals surface area contributed by atoms with E-state index >= 15 is 0 Å². The minimum atomic E-state index is -0.224. The van der Waals surface area contributed by atoms with E-state index in [2.05, 4.69) is 0 Å². The van der Waals surface area contributed by atoms with Gasteiger partial charge in [-0.15, -0.1) is 0 Å². The number of carbonyl (C=O) groups is 1. The molecule has 4 nitrogen and oxygen atoms in total. The van der Waals surface area contributed by atoms with Crippen LogP contribution in [0.15, 0.2) is 30.3 Å². The lowest BCUT2D eigenvalue weighted by Crippen LogP contribution is -2.16. The van der Waals surface area contributed by atoms with Crippen molar-refractivity contribution in [2.24, 2.45) is 0 Å². The van der Waals surface area contributed by atoms with Gasteiger partial charge in [0.05, 0.1) is 5.02 Å². The van der Waals surface area contributed by atoms with E-state index in [1.165, 1.54) is 0 Å². The number of ether oxygens (including phenoxy) is 2. The summed E-state index contributed by atoms with van der Waals surface area (Å²) in [6.07, 6.45) is 0. The van der Waals surface area contributed by atoms with Crippen molar-refractivity contribution in [1.29, 1.82) is 0 Å². The van der Waals surface area contributed by atoms with Crippen LogP contribution in [0, 0.1) is 6.92 Å². The third-order valence-corrected chi connectivity index (χ3v) is 3.76. The molecule has 1 aliphatic rings. The van der Waals surface area contributed by atoms with Crippen LogP contribution in [0.3, 0.4) is 0 Å². The highest BCUT2D eigenvalue weighted by atomic mass is 35.5. The molecule has 0 aromatic heterocycles. The van der Waals surface area contributed by atoms with Gasteiger partial charge < -0.3 is 15.2 Å². The highest BCUT2D eigenvalue weighted by Gasteiger charge is 2.21. The van der Waals surface area contributed by atoms with Gasteiger partial charge in [-0.3, -0.25) is 4.79 Å². The molecule has 0 unspecified atom stereocenters. The minimum Gasteiger partial charge on any atom is -0.486 e. The fourth-order valence-corrected chi connectivity index (χ4v) is 2.50. The normalized spacial score (nSPS) is 13.0. The first-order valence-corrected chi connectivity index (χ1v) is 6.94. The van der Waals surface area contributed by atoms with Gasteiger partial charge in [0.15, 0.2) is 17.3 Å². The topological polar surface area (TPSA) is 61.5 Å². The van der Waals surface area contributed by atoms with Crippen LogP contribution in [-0.2, 0) is 0 Å². The molecule has 2 aromatic rings. The molecular formula is C16H14ClNO3. The van der Waals surface area contributed by atoms with Crippen molar-refractivity contribution < 1.29 is 14.3 Å². The SMILES string of the molecule is Cc1cccc(C(=O)c2cc3c(cc2Cl)OCCO3)c1N. The number of rotatable bonds is 2. The molecule has 0 spiro atoms. The first kappa shape index (κ1) is 13.8. The van der Waals surface area contributed by atoms with Crippen LogP contribution in [0.4, 0.5) is 5.69 Å². The van der Waals surface area contributed by atoms with Crippen molar-refractivity contribution in [3.8, 4) is 11.5 Å². The molecule has 0 bridgehead atoms. The molecule has 0 radical (unpaired) electrons. The Morgan fingerprint density at radius 1 is 1.14 bits per heavy atom. The maximum absolute atomic E-state index is 12.7. The molecule has 1 aliphatic heterocycles. The summed E-state index contributed by atoms with van der Waals surface area (Å²) in [6.45, 7) is 2.79. The number of fused-ring (bicyclic) bond motifs is 1. The number of benzene rings is 2. The number of hydrogen-bond donors (Lipinski definition) is 1. The van der Waals surface area contributed by atoms with E-state index in [1.54, 1.807) is 24.3 Å². The fraction of sp³-hybridized carbons (Fsp3) is 0.188. The second-order valence-corrected chi connectivity index (χ2v) is 5.25. The van der Waals surface area contributed by atoms with Gasteiger partial charge in [-0.25, -0.2) is 0 Å². The first-order valence-electron chi connectivity index (χ1n) is 6.57. The van der Waals surface area contributed by atoms with Crippen molar-refractivity contribution in [2.75, 3.05) is 18.9 Å². The Hall–Kier alpha value is -2.20. The largest absolute Gasteiger partial charge is 0.486 e. The Morgan fingerprint density at radius 3 is 2.52 bits per heavy atom. The van der Waals surface area contributed by atoms with E-state index in [0.717, 1.165) is 5.56 Å². The van der Waals surface area contributed by atoms with Crippen molar-refractivity contribution in [1.82, 2.24) is 0 Å². The lowest BCUT2D eigenvalue weighted by molar-refractivity contribution is 0.103. The van der Waals surface area contributed by atoms with Crippen LogP contribution in [0.5, 0.6) is 11.5 Å². The van der Waals surface area contributed by atoms with Gasteiger partial charge in [0.25, 0.3) is 0 Å². The molecule has 0 atom stereocenters. The Kier molecular flexibility index (Phi) is 3.47. The molecule has 108 valence electrons.